The average Bonchev–Trinajstić information content (AvgIpc) is 2.30. The van der Waals surface area contributed by atoms with E-state index in [1.165, 1.54) is 0 Å². The summed E-state index contributed by atoms with van der Waals surface area (Å²) < 4.78 is 0.879. The zero-order chi connectivity index (χ0) is 13.5. The van der Waals surface area contributed by atoms with Gasteiger partial charge in [0.1, 0.15) is 0 Å². The van der Waals surface area contributed by atoms with Gasteiger partial charge in [-0.25, -0.2) is 0 Å². The Hall–Kier alpha value is -1.36. The lowest BCUT2D eigenvalue weighted by molar-refractivity contribution is -0.137. The van der Waals surface area contributed by atoms with E-state index in [1.54, 1.807) is 0 Å². The van der Waals surface area contributed by atoms with Gasteiger partial charge in [0, 0.05) is 17.3 Å². The van der Waals surface area contributed by atoms with Crippen molar-refractivity contribution >= 4 is 33.5 Å². The molecule has 18 heavy (non-hydrogen) atoms. The molecule has 0 spiro atoms. The van der Waals surface area contributed by atoms with Gasteiger partial charge in [-0.1, -0.05) is 12.1 Å². The highest BCUT2D eigenvalue weighted by atomic mass is 79.9. The van der Waals surface area contributed by atoms with Crippen LogP contribution < -0.4 is 5.32 Å². The number of aliphatic carboxylic acids is 1. The van der Waals surface area contributed by atoms with E-state index < -0.39 is 5.97 Å². The third kappa shape index (κ3) is 4.87. The van der Waals surface area contributed by atoms with Gasteiger partial charge in [0.05, 0.1) is 5.69 Å². The number of carboxylic acid groups (broad SMARTS) is 1. The predicted octanol–water partition coefficient (Wildman–Crippen LogP) is 3.34. The quantitative estimate of drug-likeness (QED) is 0.791. The van der Waals surface area contributed by atoms with Crippen molar-refractivity contribution in [2.45, 2.75) is 32.6 Å². The number of unbranched alkanes of at least 4 members (excludes halogenated alkanes) is 1. The van der Waals surface area contributed by atoms with Crippen LogP contribution in [0.5, 0.6) is 0 Å². The molecule has 0 saturated carbocycles. The van der Waals surface area contributed by atoms with Crippen molar-refractivity contribution in [3.05, 3.63) is 28.2 Å². The van der Waals surface area contributed by atoms with Crippen LogP contribution in [0.25, 0.3) is 0 Å². The third-order valence-electron chi connectivity index (χ3n) is 2.51. The van der Waals surface area contributed by atoms with Crippen LogP contribution in [-0.2, 0) is 9.59 Å². The number of anilines is 1. The second kappa shape index (κ2) is 7.16. The minimum atomic E-state index is -0.822. The van der Waals surface area contributed by atoms with Gasteiger partial charge in [0.2, 0.25) is 5.91 Å². The summed E-state index contributed by atoms with van der Waals surface area (Å²) in [7, 11) is 0. The Morgan fingerprint density at radius 2 is 1.94 bits per heavy atom. The molecule has 0 aromatic heterocycles. The zero-order valence-electron chi connectivity index (χ0n) is 10.2. The zero-order valence-corrected chi connectivity index (χ0v) is 11.8. The molecule has 0 aliphatic carbocycles. The third-order valence-corrected chi connectivity index (χ3v) is 3.56. The van der Waals surface area contributed by atoms with Gasteiger partial charge < -0.3 is 10.4 Å². The van der Waals surface area contributed by atoms with Crippen LogP contribution in [0.15, 0.2) is 22.7 Å². The number of carboxylic acids is 1. The molecular formula is C13H16BrNO3. The van der Waals surface area contributed by atoms with E-state index in [1.807, 2.05) is 25.1 Å². The fraction of sp³-hybridized carbons (Fsp3) is 0.385. The Morgan fingerprint density at radius 1 is 1.28 bits per heavy atom. The van der Waals surface area contributed by atoms with Gasteiger partial charge in [-0.15, -0.1) is 0 Å². The maximum atomic E-state index is 11.6. The number of carbonyl (C=O) groups is 2. The second-order valence-electron chi connectivity index (χ2n) is 4.09. The summed E-state index contributed by atoms with van der Waals surface area (Å²) in [6.07, 6.45) is 1.56. The highest BCUT2D eigenvalue weighted by Gasteiger charge is 2.07. The highest BCUT2D eigenvalue weighted by Crippen LogP contribution is 2.25. The Labute approximate surface area is 115 Å². The molecule has 0 fully saturated rings. The van der Waals surface area contributed by atoms with E-state index in [4.69, 9.17) is 5.11 Å². The number of carbonyl (C=O) groups excluding carboxylic acids is 1. The van der Waals surface area contributed by atoms with E-state index in [9.17, 15) is 9.59 Å². The molecule has 0 bridgehead atoms. The topological polar surface area (TPSA) is 66.4 Å². The second-order valence-corrected chi connectivity index (χ2v) is 4.88. The van der Waals surface area contributed by atoms with E-state index >= 15 is 0 Å². The number of hydrogen-bond donors (Lipinski definition) is 2. The minimum Gasteiger partial charge on any atom is -0.481 e. The summed E-state index contributed by atoms with van der Waals surface area (Å²) in [5.41, 5.74) is 1.80. The van der Waals surface area contributed by atoms with Crippen LogP contribution in [-0.4, -0.2) is 17.0 Å². The first kappa shape index (κ1) is 14.7. The van der Waals surface area contributed by atoms with Gasteiger partial charge in [-0.2, -0.15) is 0 Å². The summed E-state index contributed by atoms with van der Waals surface area (Å²) >= 11 is 3.42. The molecule has 4 nitrogen and oxygen atoms in total. The lowest BCUT2D eigenvalue weighted by Gasteiger charge is -2.08. The number of halogens is 1. The molecule has 0 unspecified atom stereocenters. The number of rotatable bonds is 6. The first-order valence-electron chi connectivity index (χ1n) is 5.77. The molecule has 0 heterocycles. The van der Waals surface area contributed by atoms with Gasteiger partial charge in [0.15, 0.2) is 0 Å². The average molecular weight is 314 g/mol. The van der Waals surface area contributed by atoms with Crippen molar-refractivity contribution in [1.82, 2.24) is 0 Å². The Morgan fingerprint density at radius 3 is 2.61 bits per heavy atom. The van der Waals surface area contributed by atoms with Gasteiger partial charge in [0.25, 0.3) is 0 Å². The van der Waals surface area contributed by atoms with E-state index in [0.29, 0.717) is 19.3 Å². The number of benzene rings is 1. The largest absolute Gasteiger partial charge is 0.481 e. The SMILES string of the molecule is Cc1cccc(NC(=O)CCCCC(=O)O)c1Br. The Bertz CT molecular complexity index is 446. The molecule has 1 rings (SSSR count). The van der Waals surface area contributed by atoms with Crippen LogP contribution in [0.2, 0.25) is 0 Å². The molecule has 0 saturated heterocycles. The Kier molecular flexibility index (Phi) is 5.85. The summed E-state index contributed by atoms with van der Waals surface area (Å²) in [5, 5.41) is 11.3. The van der Waals surface area contributed by atoms with E-state index in [2.05, 4.69) is 21.2 Å². The molecule has 0 atom stereocenters. The van der Waals surface area contributed by atoms with Crippen LogP contribution in [0, 0.1) is 6.92 Å². The molecule has 0 aliphatic heterocycles. The molecule has 0 aliphatic rings. The van der Waals surface area contributed by atoms with E-state index in [-0.39, 0.29) is 12.3 Å². The van der Waals surface area contributed by atoms with Crippen LogP contribution in [0.1, 0.15) is 31.2 Å². The van der Waals surface area contributed by atoms with Crippen molar-refractivity contribution in [2.24, 2.45) is 0 Å². The highest BCUT2D eigenvalue weighted by molar-refractivity contribution is 9.10. The molecule has 1 amide bonds. The monoisotopic (exact) mass is 313 g/mol. The number of amides is 1. The van der Waals surface area contributed by atoms with Gasteiger partial charge in [-0.05, 0) is 47.3 Å². The molecule has 5 heteroatoms. The smallest absolute Gasteiger partial charge is 0.303 e. The van der Waals surface area contributed by atoms with Crippen LogP contribution in [0.3, 0.4) is 0 Å². The summed E-state index contributed by atoms with van der Waals surface area (Å²) in [5.74, 6) is -0.913. The first-order chi connectivity index (χ1) is 8.50. The predicted molar refractivity (Wildman–Crippen MR) is 73.6 cm³/mol. The molecule has 1 aromatic rings. The van der Waals surface area contributed by atoms with Crippen molar-refractivity contribution in [2.75, 3.05) is 5.32 Å². The van der Waals surface area contributed by atoms with Gasteiger partial charge in [-0.3, -0.25) is 9.59 Å². The first-order valence-corrected chi connectivity index (χ1v) is 6.56. The number of aryl methyl sites for hydroxylation is 1. The molecule has 2 N–H and O–H groups in total. The lowest BCUT2D eigenvalue weighted by Crippen LogP contribution is -2.12. The number of hydrogen-bond acceptors (Lipinski definition) is 2. The summed E-state index contributed by atoms with van der Waals surface area (Å²) in [4.78, 5) is 22.0. The standard InChI is InChI=1S/C13H16BrNO3/c1-9-5-4-6-10(13(9)14)15-11(16)7-2-3-8-12(17)18/h4-6H,2-3,7-8H2,1H3,(H,15,16)(H,17,18). The summed E-state index contributed by atoms with van der Waals surface area (Å²) in [6, 6.07) is 5.65. The van der Waals surface area contributed by atoms with E-state index in [0.717, 1.165) is 15.7 Å². The maximum absolute atomic E-state index is 11.6. The summed E-state index contributed by atoms with van der Waals surface area (Å²) in [6.45, 7) is 1.95. The molecule has 1 aromatic carbocycles. The maximum Gasteiger partial charge on any atom is 0.303 e. The molecule has 0 radical (unpaired) electrons. The fourth-order valence-corrected chi connectivity index (χ4v) is 1.88. The van der Waals surface area contributed by atoms with Crippen molar-refractivity contribution in [3.8, 4) is 0 Å². The van der Waals surface area contributed by atoms with Crippen molar-refractivity contribution < 1.29 is 14.7 Å². The van der Waals surface area contributed by atoms with Crippen LogP contribution in [0.4, 0.5) is 5.69 Å². The fourth-order valence-electron chi connectivity index (χ4n) is 1.52. The lowest BCUT2D eigenvalue weighted by atomic mass is 10.2. The molecule has 98 valence electrons. The molecular weight excluding hydrogens is 298 g/mol. The number of nitrogens with one attached hydrogen (secondary N) is 1. The van der Waals surface area contributed by atoms with Crippen LogP contribution >= 0.6 is 15.9 Å². The minimum absolute atomic E-state index is 0.0910. The Balaban J connectivity index is 2.40. The normalized spacial score (nSPS) is 10.1. The van der Waals surface area contributed by atoms with Crippen molar-refractivity contribution in [1.29, 1.82) is 0 Å². The van der Waals surface area contributed by atoms with Crippen molar-refractivity contribution in [3.63, 3.8) is 0 Å². The van der Waals surface area contributed by atoms with Gasteiger partial charge >= 0.3 is 5.97 Å².